The van der Waals surface area contributed by atoms with Crippen LogP contribution >= 0.6 is 0 Å². The second-order valence-electron chi connectivity index (χ2n) is 15.0. The SMILES string of the molecule is c1ccc(-c2cccc(-c3nc(-c4ccccc4)nc(-c4ccc(-c5c(-c6ccccc6)n6nc(-c7ccccc7)c(-c7ccccc7)c6c6ccccc56)cc4)n3)c2)cc1. The summed E-state index contributed by atoms with van der Waals surface area (Å²) in [6.45, 7) is 0. The van der Waals surface area contributed by atoms with Crippen LogP contribution in [0.25, 0.3) is 106 Å². The van der Waals surface area contributed by atoms with E-state index in [9.17, 15) is 0 Å². The van der Waals surface area contributed by atoms with E-state index in [4.69, 9.17) is 20.1 Å². The topological polar surface area (TPSA) is 56.0 Å². The minimum atomic E-state index is 0.608. The molecule has 11 aromatic rings. The first-order valence-corrected chi connectivity index (χ1v) is 20.5. The molecule has 0 N–H and O–H groups in total. The molecule has 0 spiro atoms. The molecule has 0 fully saturated rings. The van der Waals surface area contributed by atoms with E-state index in [0.29, 0.717) is 17.5 Å². The maximum absolute atomic E-state index is 5.53. The summed E-state index contributed by atoms with van der Waals surface area (Å²) in [6, 6.07) is 78.0. The largest absolute Gasteiger partial charge is 0.231 e. The summed E-state index contributed by atoms with van der Waals surface area (Å²) in [5.74, 6) is 1.85. The smallest absolute Gasteiger partial charge is 0.164 e. The van der Waals surface area contributed by atoms with Crippen LogP contribution in [0.4, 0.5) is 0 Å². The molecule has 0 unspecified atom stereocenters. The lowest BCUT2D eigenvalue weighted by Gasteiger charge is -2.18. The van der Waals surface area contributed by atoms with Crippen molar-refractivity contribution in [2.24, 2.45) is 0 Å². The molecular formula is C56H37N5. The zero-order valence-corrected chi connectivity index (χ0v) is 33.1. The van der Waals surface area contributed by atoms with Gasteiger partial charge in [-0.1, -0.05) is 218 Å². The fraction of sp³-hybridized carbons (Fsp3) is 0. The van der Waals surface area contributed by atoms with Crippen LogP contribution in [0.3, 0.4) is 0 Å². The average Bonchev–Trinajstić information content (AvgIpc) is 3.76. The lowest BCUT2D eigenvalue weighted by atomic mass is 9.91. The Bertz CT molecular complexity index is 3310. The average molecular weight is 780 g/mol. The first-order valence-electron chi connectivity index (χ1n) is 20.5. The molecule has 0 saturated carbocycles. The summed E-state index contributed by atoms with van der Waals surface area (Å²) < 4.78 is 2.18. The van der Waals surface area contributed by atoms with Crippen LogP contribution in [-0.2, 0) is 0 Å². The van der Waals surface area contributed by atoms with Crippen LogP contribution in [0.5, 0.6) is 0 Å². The van der Waals surface area contributed by atoms with Gasteiger partial charge in [0.05, 0.1) is 11.2 Å². The van der Waals surface area contributed by atoms with Crippen molar-refractivity contribution in [3.05, 3.63) is 224 Å². The predicted octanol–water partition coefficient (Wildman–Crippen LogP) is 14.0. The number of rotatable bonds is 8. The molecule has 0 bridgehead atoms. The van der Waals surface area contributed by atoms with Gasteiger partial charge in [-0.2, -0.15) is 5.10 Å². The highest BCUT2D eigenvalue weighted by molar-refractivity contribution is 6.14. The highest BCUT2D eigenvalue weighted by atomic mass is 15.2. The Balaban J connectivity index is 1.12. The van der Waals surface area contributed by atoms with Crippen LogP contribution in [0.1, 0.15) is 0 Å². The van der Waals surface area contributed by atoms with Gasteiger partial charge in [-0.05, 0) is 33.7 Å². The molecule has 61 heavy (non-hydrogen) atoms. The van der Waals surface area contributed by atoms with E-state index in [0.717, 1.165) is 88.9 Å². The second kappa shape index (κ2) is 15.5. The molecular weight excluding hydrogens is 743 g/mol. The Hall–Kier alpha value is -8.28. The van der Waals surface area contributed by atoms with Gasteiger partial charge < -0.3 is 0 Å². The molecule has 8 aromatic carbocycles. The fourth-order valence-corrected chi connectivity index (χ4v) is 8.41. The molecule has 0 aliphatic heterocycles. The van der Waals surface area contributed by atoms with Crippen LogP contribution in [0, 0.1) is 0 Å². The monoisotopic (exact) mass is 779 g/mol. The van der Waals surface area contributed by atoms with Gasteiger partial charge >= 0.3 is 0 Å². The first kappa shape index (κ1) is 35.8. The molecule has 3 heterocycles. The Morgan fingerprint density at radius 1 is 0.279 bits per heavy atom. The van der Waals surface area contributed by atoms with Gasteiger partial charge in [0.2, 0.25) is 0 Å². The Kier molecular flexibility index (Phi) is 9.10. The fourth-order valence-electron chi connectivity index (χ4n) is 8.41. The molecule has 286 valence electrons. The summed E-state index contributed by atoms with van der Waals surface area (Å²) in [6.07, 6.45) is 0. The summed E-state index contributed by atoms with van der Waals surface area (Å²) in [5, 5.41) is 7.80. The van der Waals surface area contributed by atoms with Gasteiger partial charge in [-0.3, -0.25) is 0 Å². The Labute approximate surface area is 354 Å². The predicted molar refractivity (Wildman–Crippen MR) is 250 cm³/mol. The van der Waals surface area contributed by atoms with Crippen molar-refractivity contribution in [2.45, 2.75) is 0 Å². The van der Waals surface area contributed by atoms with Gasteiger partial charge in [0.1, 0.15) is 5.69 Å². The minimum absolute atomic E-state index is 0.608. The van der Waals surface area contributed by atoms with E-state index in [2.05, 4.69) is 193 Å². The number of nitrogens with zero attached hydrogens (tertiary/aromatic N) is 5. The summed E-state index contributed by atoms with van der Waals surface area (Å²) in [4.78, 5) is 15.2. The molecule has 0 saturated heterocycles. The lowest BCUT2D eigenvalue weighted by molar-refractivity contribution is 0.981. The third-order valence-electron chi connectivity index (χ3n) is 11.3. The number of aromatic nitrogens is 5. The molecule has 0 aliphatic carbocycles. The zero-order valence-electron chi connectivity index (χ0n) is 33.1. The second-order valence-corrected chi connectivity index (χ2v) is 15.0. The standard InChI is InChI=1S/C56H37N5/c1-6-19-38(20-7-1)45-29-18-30-46(37-45)56-58-54(43-27-14-5-15-28-43)57-55(59-56)44-35-33-40(34-36-44)49-47-31-16-17-32-48(47)53-50(39-21-8-2-9-22-39)51(41-23-10-3-11-24-41)60-61(53)52(49)42-25-12-4-13-26-42/h1-37H. The normalized spacial score (nSPS) is 11.3. The highest BCUT2D eigenvalue weighted by Gasteiger charge is 2.25. The van der Waals surface area contributed by atoms with Gasteiger partial charge in [0, 0.05) is 44.3 Å². The van der Waals surface area contributed by atoms with Gasteiger partial charge in [-0.25, -0.2) is 19.5 Å². The van der Waals surface area contributed by atoms with Gasteiger partial charge in [0.15, 0.2) is 17.5 Å². The van der Waals surface area contributed by atoms with Crippen molar-refractivity contribution in [3.63, 3.8) is 0 Å². The molecule has 0 atom stereocenters. The van der Waals surface area contributed by atoms with Crippen LogP contribution < -0.4 is 0 Å². The Morgan fingerprint density at radius 2 is 0.689 bits per heavy atom. The minimum Gasteiger partial charge on any atom is -0.231 e. The highest BCUT2D eigenvalue weighted by Crippen LogP contribution is 2.46. The molecule has 3 aromatic heterocycles. The van der Waals surface area contributed by atoms with Crippen LogP contribution in [-0.4, -0.2) is 24.6 Å². The van der Waals surface area contributed by atoms with Crippen molar-refractivity contribution in [3.8, 4) is 90.1 Å². The number of pyridine rings is 1. The number of hydrogen-bond donors (Lipinski definition) is 0. The third kappa shape index (κ3) is 6.64. The quantitative estimate of drug-likeness (QED) is 0.154. The van der Waals surface area contributed by atoms with Crippen molar-refractivity contribution in [1.29, 1.82) is 0 Å². The van der Waals surface area contributed by atoms with Crippen LogP contribution in [0.15, 0.2) is 224 Å². The number of fused-ring (bicyclic) bond motifs is 3. The summed E-state index contributed by atoms with van der Waals surface area (Å²) in [5.41, 5.74) is 14.6. The molecule has 0 amide bonds. The maximum atomic E-state index is 5.53. The maximum Gasteiger partial charge on any atom is 0.164 e. The van der Waals surface area contributed by atoms with E-state index in [1.165, 1.54) is 0 Å². The molecule has 11 rings (SSSR count). The zero-order chi connectivity index (χ0) is 40.5. The number of benzene rings is 8. The van der Waals surface area contributed by atoms with E-state index in [1.807, 2.05) is 36.4 Å². The van der Waals surface area contributed by atoms with E-state index < -0.39 is 0 Å². The summed E-state index contributed by atoms with van der Waals surface area (Å²) >= 11 is 0. The van der Waals surface area contributed by atoms with Gasteiger partial charge in [0.25, 0.3) is 0 Å². The van der Waals surface area contributed by atoms with E-state index >= 15 is 0 Å². The molecule has 0 radical (unpaired) electrons. The molecule has 5 heteroatoms. The van der Waals surface area contributed by atoms with E-state index in [-0.39, 0.29) is 0 Å². The van der Waals surface area contributed by atoms with Crippen molar-refractivity contribution < 1.29 is 0 Å². The van der Waals surface area contributed by atoms with E-state index in [1.54, 1.807) is 0 Å². The lowest BCUT2D eigenvalue weighted by Crippen LogP contribution is -2.01. The number of hydrogen-bond acceptors (Lipinski definition) is 4. The van der Waals surface area contributed by atoms with Crippen molar-refractivity contribution in [2.75, 3.05) is 0 Å². The first-order chi connectivity index (χ1) is 30.3. The van der Waals surface area contributed by atoms with Gasteiger partial charge in [-0.15, -0.1) is 0 Å². The third-order valence-corrected chi connectivity index (χ3v) is 11.3. The van der Waals surface area contributed by atoms with Crippen LogP contribution in [0.2, 0.25) is 0 Å². The van der Waals surface area contributed by atoms with Crippen molar-refractivity contribution >= 4 is 16.3 Å². The summed E-state index contributed by atoms with van der Waals surface area (Å²) in [7, 11) is 0. The van der Waals surface area contributed by atoms with Crippen molar-refractivity contribution in [1.82, 2.24) is 24.6 Å². The molecule has 5 nitrogen and oxygen atoms in total. The Morgan fingerprint density at radius 3 is 1.30 bits per heavy atom. The molecule has 0 aliphatic rings.